The molecule has 150 valence electrons. The van der Waals surface area contributed by atoms with Gasteiger partial charge in [-0.2, -0.15) is 4.98 Å². The fourth-order valence-corrected chi connectivity index (χ4v) is 3.65. The Bertz CT molecular complexity index is 942. The van der Waals surface area contributed by atoms with Crippen molar-refractivity contribution >= 4 is 6.03 Å². The van der Waals surface area contributed by atoms with Gasteiger partial charge in [0.2, 0.25) is 11.7 Å². The molecule has 0 saturated carbocycles. The summed E-state index contributed by atoms with van der Waals surface area (Å²) in [6.07, 6.45) is 3.60. The van der Waals surface area contributed by atoms with Gasteiger partial charge in [0.25, 0.3) is 0 Å². The second-order valence-corrected chi connectivity index (χ2v) is 7.81. The lowest BCUT2D eigenvalue weighted by Crippen LogP contribution is -2.40. The fourth-order valence-electron chi connectivity index (χ4n) is 3.65. The van der Waals surface area contributed by atoms with Gasteiger partial charge >= 0.3 is 6.03 Å². The van der Waals surface area contributed by atoms with Crippen LogP contribution in [0.5, 0.6) is 0 Å². The van der Waals surface area contributed by atoms with Gasteiger partial charge in [0.15, 0.2) is 0 Å². The zero-order chi connectivity index (χ0) is 20.2. The predicted molar refractivity (Wildman–Crippen MR) is 109 cm³/mol. The van der Waals surface area contributed by atoms with Gasteiger partial charge in [-0.3, -0.25) is 4.98 Å². The highest BCUT2D eigenvalue weighted by Gasteiger charge is 2.40. The van der Waals surface area contributed by atoms with E-state index >= 15 is 0 Å². The van der Waals surface area contributed by atoms with Crippen molar-refractivity contribution < 1.29 is 9.32 Å². The zero-order valence-corrected chi connectivity index (χ0v) is 16.7. The Balaban J connectivity index is 1.59. The molecule has 3 aromatic rings. The third-order valence-electron chi connectivity index (χ3n) is 5.17. The van der Waals surface area contributed by atoms with Crippen molar-refractivity contribution in [1.82, 2.24) is 25.3 Å². The molecule has 0 aliphatic carbocycles. The lowest BCUT2D eigenvalue weighted by molar-refractivity contribution is 0.206. The number of carbonyl (C=O) groups is 1. The number of rotatable bonds is 5. The molecule has 1 N–H and O–H groups in total. The molecule has 2 amide bonds. The van der Waals surface area contributed by atoms with E-state index in [2.05, 4.69) is 34.3 Å². The first-order chi connectivity index (χ1) is 14.1. The molecule has 2 aromatic heterocycles. The molecule has 0 bridgehead atoms. The van der Waals surface area contributed by atoms with E-state index in [9.17, 15) is 4.79 Å². The molecule has 3 heterocycles. The molecular formula is C22H25N5O2. The van der Waals surface area contributed by atoms with Crippen molar-refractivity contribution in [1.29, 1.82) is 0 Å². The van der Waals surface area contributed by atoms with Gasteiger partial charge in [0.1, 0.15) is 0 Å². The maximum Gasteiger partial charge on any atom is 0.317 e. The SMILES string of the molecule is CC(C)CNC(=O)N1C[C@@H](c2cccnc2)[C@H](c2nc(-c3ccccc3)no2)C1. The highest BCUT2D eigenvalue weighted by molar-refractivity contribution is 5.75. The molecule has 7 heteroatoms. The highest BCUT2D eigenvalue weighted by Crippen LogP contribution is 2.39. The second kappa shape index (κ2) is 8.43. The molecule has 7 nitrogen and oxygen atoms in total. The first-order valence-electron chi connectivity index (χ1n) is 9.93. The normalized spacial score (nSPS) is 18.9. The van der Waals surface area contributed by atoms with Crippen LogP contribution in [0.4, 0.5) is 4.79 Å². The lowest BCUT2D eigenvalue weighted by Gasteiger charge is -2.18. The number of carbonyl (C=O) groups excluding carboxylic acids is 1. The minimum atomic E-state index is -0.0750. The van der Waals surface area contributed by atoms with Crippen LogP contribution in [-0.4, -0.2) is 45.7 Å². The van der Waals surface area contributed by atoms with E-state index in [1.807, 2.05) is 53.6 Å². The monoisotopic (exact) mass is 391 g/mol. The van der Waals surface area contributed by atoms with Gasteiger partial charge in [-0.25, -0.2) is 4.79 Å². The van der Waals surface area contributed by atoms with Gasteiger partial charge in [-0.05, 0) is 17.5 Å². The Kier molecular flexibility index (Phi) is 5.55. The maximum atomic E-state index is 12.7. The van der Waals surface area contributed by atoms with Crippen LogP contribution in [-0.2, 0) is 0 Å². The summed E-state index contributed by atoms with van der Waals surface area (Å²) in [7, 11) is 0. The number of nitrogens with one attached hydrogen (secondary N) is 1. The number of hydrogen-bond acceptors (Lipinski definition) is 5. The van der Waals surface area contributed by atoms with E-state index in [0.717, 1.165) is 11.1 Å². The van der Waals surface area contributed by atoms with Gasteiger partial charge < -0.3 is 14.7 Å². The number of aromatic nitrogens is 3. The highest BCUT2D eigenvalue weighted by atomic mass is 16.5. The van der Waals surface area contributed by atoms with E-state index in [1.54, 1.807) is 6.20 Å². The first kappa shape index (κ1) is 19.1. The van der Waals surface area contributed by atoms with E-state index in [0.29, 0.717) is 37.3 Å². The Labute approximate surface area is 170 Å². The van der Waals surface area contributed by atoms with Crippen molar-refractivity contribution in [3.8, 4) is 11.4 Å². The number of pyridine rings is 1. The number of nitrogens with zero attached hydrogens (tertiary/aromatic N) is 4. The zero-order valence-electron chi connectivity index (χ0n) is 16.7. The number of amides is 2. The quantitative estimate of drug-likeness (QED) is 0.717. The predicted octanol–water partition coefficient (Wildman–Crippen LogP) is 3.68. The number of hydrogen-bond donors (Lipinski definition) is 1. The standard InChI is InChI=1S/C22H25N5O2/c1-15(2)11-24-22(28)27-13-18(17-9-6-10-23-12-17)19(14-27)21-25-20(26-29-21)16-7-4-3-5-8-16/h3-10,12,15,18-19H,11,13-14H2,1-2H3,(H,24,28)/t18-,19+/m0/s1. The van der Waals surface area contributed by atoms with Crippen LogP contribution in [0.15, 0.2) is 59.4 Å². The van der Waals surface area contributed by atoms with Crippen molar-refractivity contribution in [3.63, 3.8) is 0 Å². The number of likely N-dealkylation sites (tertiary alicyclic amines) is 1. The summed E-state index contributed by atoms with van der Waals surface area (Å²) in [5, 5.41) is 7.17. The third-order valence-corrected chi connectivity index (χ3v) is 5.17. The average Bonchev–Trinajstić information content (AvgIpc) is 3.41. The molecular weight excluding hydrogens is 366 g/mol. The van der Waals surface area contributed by atoms with E-state index in [4.69, 9.17) is 4.52 Å². The molecule has 1 saturated heterocycles. The molecule has 1 aliphatic heterocycles. The summed E-state index contributed by atoms with van der Waals surface area (Å²) in [5.74, 6) is 1.49. The summed E-state index contributed by atoms with van der Waals surface area (Å²) < 4.78 is 5.64. The Hall–Kier alpha value is -3.22. The van der Waals surface area contributed by atoms with Crippen LogP contribution in [0.1, 0.15) is 37.1 Å². The van der Waals surface area contributed by atoms with Crippen molar-refractivity contribution in [2.24, 2.45) is 5.92 Å². The van der Waals surface area contributed by atoms with E-state index in [-0.39, 0.29) is 17.9 Å². The van der Waals surface area contributed by atoms with Crippen LogP contribution >= 0.6 is 0 Å². The first-order valence-corrected chi connectivity index (χ1v) is 9.93. The van der Waals surface area contributed by atoms with Crippen LogP contribution in [0.25, 0.3) is 11.4 Å². The molecule has 29 heavy (non-hydrogen) atoms. The van der Waals surface area contributed by atoms with Crippen molar-refractivity contribution in [2.45, 2.75) is 25.7 Å². The summed E-state index contributed by atoms with van der Waals surface area (Å²) >= 11 is 0. The number of benzene rings is 1. The van der Waals surface area contributed by atoms with Crippen LogP contribution in [0.2, 0.25) is 0 Å². The second-order valence-electron chi connectivity index (χ2n) is 7.81. The topological polar surface area (TPSA) is 84.2 Å². The largest absolute Gasteiger partial charge is 0.339 e. The fraction of sp³-hybridized carbons (Fsp3) is 0.364. The Morgan fingerprint density at radius 2 is 1.97 bits per heavy atom. The summed E-state index contributed by atoms with van der Waals surface area (Å²) in [5.41, 5.74) is 1.97. The van der Waals surface area contributed by atoms with E-state index < -0.39 is 0 Å². The number of urea groups is 1. The van der Waals surface area contributed by atoms with Crippen molar-refractivity contribution in [3.05, 3.63) is 66.3 Å². The van der Waals surface area contributed by atoms with Gasteiger partial charge in [-0.1, -0.05) is 55.4 Å². The smallest absolute Gasteiger partial charge is 0.317 e. The maximum absolute atomic E-state index is 12.7. The summed E-state index contributed by atoms with van der Waals surface area (Å²) in [4.78, 5) is 23.4. The molecule has 0 radical (unpaired) electrons. The Morgan fingerprint density at radius 3 is 2.69 bits per heavy atom. The third kappa shape index (κ3) is 4.29. The molecule has 1 fully saturated rings. The minimum Gasteiger partial charge on any atom is -0.339 e. The van der Waals surface area contributed by atoms with Gasteiger partial charge in [0.05, 0.1) is 5.92 Å². The molecule has 2 atom stereocenters. The molecule has 0 spiro atoms. The average molecular weight is 391 g/mol. The van der Waals surface area contributed by atoms with Gasteiger partial charge in [-0.15, -0.1) is 0 Å². The molecule has 4 rings (SSSR count). The minimum absolute atomic E-state index is 0.0533. The molecule has 1 aliphatic rings. The summed E-state index contributed by atoms with van der Waals surface area (Å²) in [6, 6.07) is 13.6. The summed E-state index contributed by atoms with van der Waals surface area (Å²) in [6.45, 7) is 5.92. The van der Waals surface area contributed by atoms with Crippen LogP contribution in [0, 0.1) is 5.92 Å². The van der Waals surface area contributed by atoms with Crippen molar-refractivity contribution in [2.75, 3.05) is 19.6 Å². The van der Waals surface area contributed by atoms with E-state index in [1.165, 1.54) is 0 Å². The van der Waals surface area contributed by atoms with Crippen LogP contribution < -0.4 is 5.32 Å². The Morgan fingerprint density at radius 1 is 1.17 bits per heavy atom. The molecule has 0 unspecified atom stereocenters. The molecule has 1 aromatic carbocycles. The van der Waals surface area contributed by atoms with Gasteiger partial charge in [0, 0.05) is 43.5 Å². The van der Waals surface area contributed by atoms with Crippen LogP contribution in [0.3, 0.4) is 0 Å². The lowest BCUT2D eigenvalue weighted by atomic mass is 9.90.